The minimum Gasteiger partial charge on any atom is -0.381 e. The second kappa shape index (κ2) is 6.56. The number of carbonyl (C=O) groups is 1. The molecule has 110 valence electrons. The number of ether oxygens (including phenoxy) is 1. The van der Waals surface area contributed by atoms with Gasteiger partial charge < -0.3 is 4.74 Å². The van der Waals surface area contributed by atoms with Gasteiger partial charge in [-0.3, -0.25) is 9.52 Å². The quantitative estimate of drug-likeness (QED) is 0.917. The number of rotatable bonds is 4. The van der Waals surface area contributed by atoms with Crippen molar-refractivity contribution < 1.29 is 17.9 Å². The summed E-state index contributed by atoms with van der Waals surface area (Å²) in [5.41, 5.74) is 0.546. The van der Waals surface area contributed by atoms with Crippen molar-refractivity contribution in [3.63, 3.8) is 0 Å². The minimum atomic E-state index is -3.70. The smallest absolute Gasteiger partial charge is 0.239 e. The van der Waals surface area contributed by atoms with Crippen LogP contribution in [0.15, 0.2) is 24.3 Å². The van der Waals surface area contributed by atoms with Crippen LogP contribution < -0.4 is 4.72 Å². The molecule has 1 aromatic rings. The van der Waals surface area contributed by atoms with E-state index in [4.69, 9.17) is 16.3 Å². The molecule has 5 nitrogen and oxygen atoms in total. The fraction of sp³-hybridized carbons (Fsp3) is 0.462. The molecule has 20 heavy (non-hydrogen) atoms. The summed E-state index contributed by atoms with van der Waals surface area (Å²) >= 11 is 5.81. The molecular formula is C13H16ClNO4S. The lowest BCUT2D eigenvalue weighted by atomic mass is 10.0. The van der Waals surface area contributed by atoms with Crippen molar-refractivity contribution in [1.82, 2.24) is 4.72 Å². The number of hydrogen-bond donors (Lipinski definition) is 1. The van der Waals surface area contributed by atoms with E-state index < -0.39 is 15.9 Å². The van der Waals surface area contributed by atoms with Crippen molar-refractivity contribution in [2.24, 2.45) is 5.92 Å². The Labute approximate surface area is 123 Å². The van der Waals surface area contributed by atoms with Crippen LogP contribution in [0.1, 0.15) is 18.4 Å². The van der Waals surface area contributed by atoms with Gasteiger partial charge in [0.25, 0.3) is 0 Å². The summed E-state index contributed by atoms with van der Waals surface area (Å²) in [6.45, 7) is 0.985. The number of sulfonamides is 1. The van der Waals surface area contributed by atoms with Crippen LogP contribution >= 0.6 is 11.6 Å². The van der Waals surface area contributed by atoms with Gasteiger partial charge in [0, 0.05) is 24.2 Å². The van der Waals surface area contributed by atoms with Crippen molar-refractivity contribution in [3.05, 3.63) is 34.9 Å². The van der Waals surface area contributed by atoms with E-state index in [9.17, 15) is 13.2 Å². The Morgan fingerprint density at radius 2 is 2.05 bits per heavy atom. The first-order valence-corrected chi connectivity index (χ1v) is 8.36. The standard InChI is InChI=1S/C13H16ClNO4S/c14-12-3-1-2-10(8-12)9-20(17,18)15-13(16)11-4-6-19-7-5-11/h1-3,8,11H,4-7,9H2,(H,15,16). The molecule has 1 aromatic carbocycles. The minimum absolute atomic E-state index is 0.261. The monoisotopic (exact) mass is 317 g/mol. The molecule has 0 atom stereocenters. The number of nitrogens with one attached hydrogen (secondary N) is 1. The maximum atomic E-state index is 12.0. The summed E-state index contributed by atoms with van der Waals surface area (Å²) in [6, 6.07) is 6.56. The molecule has 0 saturated carbocycles. The van der Waals surface area contributed by atoms with Crippen LogP contribution in [-0.4, -0.2) is 27.5 Å². The van der Waals surface area contributed by atoms with Crippen molar-refractivity contribution in [1.29, 1.82) is 0 Å². The molecule has 7 heteroatoms. The maximum absolute atomic E-state index is 12.0. The molecule has 1 aliphatic rings. The molecule has 0 radical (unpaired) electrons. The third-order valence-electron chi connectivity index (χ3n) is 3.09. The summed E-state index contributed by atoms with van der Waals surface area (Å²) in [5.74, 6) is -1.00. The lowest BCUT2D eigenvalue weighted by Crippen LogP contribution is -2.38. The molecule has 1 heterocycles. The van der Waals surface area contributed by atoms with E-state index in [0.717, 1.165) is 0 Å². The Kier molecular flexibility index (Phi) is 5.01. The van der Waals surface area contributed by atoms with E-state index in [-0.39, 0.29) is 11.7 Å². The highest BCUT2D eigenvalue weighted by molar-refractivity contribution is 7.89. The average Bonchev–Trinajstić information content (AvgIpc) is 2.38. The van der Waals surface area contributed by atoms with Gasteiger partial charge in [0.05, 0.1) is 5.75 Å². The van der Waals surface area contributed by atoms with Gasteiger partial charge in [0.2, 0.25) is 15.9 Å². The number of hydrogen-bond acceptors (Lipinski definition) is 4. The normalized spacial score (nSPS) is 16.9. The van der Waals surface area contributed by atoms with E-state index in [1.807, 2.05) is 0 Å². The van der Waals surface area contributed by atoms with E-state index >= 15 is 0 Å². The fourth-order valence-electron chi connectivity index (χ4n) is 2.08. The molecule has 1 amide bonds. The van der Waals surface area contributed by atoms with Gasteiger partial charge in [-0.15, -0.1) is 0 Å². The van der Waals surface area contributed by atoms with Crippen LogP contribution in [0.2, 0.25) is 5.02 Å². The molecule has 0 spiro atoms. The number of halogens is 1. The van der Waals surface area contributed by atoms with Gasteiger partial charge in [-0.05, 0) is 30.5 Å². The Hall–Kier alpha value is -1.11. The van der Waals surface area contributed by atoms with Crippen molar-refractivity contribution in [3.8, 4) is 0 Å². The third kappa shape index (κ3) is 4.47. The molecule has 0 aromatic heterocycles. The van der Waals surface area contributed by atoms with Crippen LogP contribution in [0, 0.1) is 5.92 Å². The van der Waals surface area contributed by atoms with Gasteiger partial charge in [0.15, 0.2) is 0 Å². The molecule has 1 fully saturated rings. The lowest BCUT2D eigenvalue weighted by molar-refractivity contribution is -0.125. The highest BCUT2D eigenvalue weighted by atomic mass is 35.5. The highest BCUT2D eigenvalue weighted by Crippen LogP contribution is 2.16. The summed E-state index contributed by atoms with van der Waals surface area (Å²) in [5, 5.41) is 0.466. The Balaban J connectivity index is 1.98. The number of amides is 1. The molecule has 1 aliphatic heterocycles. The predicted molar refractivity (Wildman–Crippen MR) is 75.8 cm³/mol. The summed E-state index contributed by atoms with van der Waals surface area (Å²) < 4.78 is 31.2. The molecule has 0 unspecified atom stereocenters. The van der Waals surface area contributed by atoms with Crippen LogP contribution in [0.4, 0.5) is 0 Å². The molecule has 0 aliphatic carbocycles. The van der Waals surface area contributed by atoms with Gasteiger partial charge in [-0.1, -0.05) is 23.7 Å². The SMILES string of the molecule is O=C(NS(=O)(=O)Cc1cccc(Cl)c1)C1CCOCC1. The first-order valence-electron chi connectivity index (χ1n) is 6.33. The lowest BCUT2D eigenvalue weighted by Gasteiger charge is -2.21. The molecule has 0 bridgehead atoms. The van der Waals surface area contributed by atoms with Gasteiger partial charge in [0.1, 0.15) is 0 Å². The zero-order chi connectivity index (χ0) is 14.6. The molecule has 1 saturated heterocycles. The van der Waals surface area contributed by atoms with Crippen molar-refractivity contribution in [2.45, 2.75) is 18.6 Å². The molecule has 2 rings (SSSR count). The molecule has 1 N–H and O–H groups in total. The van der Waals surface area contributed by atoms with Gasteiger partial charge >= 0.3 is 0 Å². The number of carbonyl (C=O) groups excluding carboxylic acids is 1. The van der Waals surface area contributed by atoms with Crippen LogP contribution in [0.5, 0.6) is 0 Å². The van der Waals surface area contributed by atoms with Crippen LogP contribution in [0.25, 0.3) is 0 Å². The Morgan fingerprint density at radius 1 is 1.35 bits per heavy atom. The molecular weight excluding hydrogens is 302 g/mol. The third-order valence-corrected chi connectivity index (χ3v) is 4.55. The van der Waals surface area contributed by atoms with Crippen LogP contribution in [0.3, 0.4) is 0 Å². The second-order valence-corrected chi connectivity index (χ2v) is 6.90. The zero-order valence-electron chi connectivity index (χ0n) is 10.8. The zero-order valence-corrected chi connectivity index (χ0v) is 12.4. The first kappa shape index (κ1) is 15.3. The van der Waals surface area contributed by atoms with Crippen LogP contribution in [-0.2, 0) is 25.3 Å². The predicted octanol–water partition coefficient (Wildman–Crippen LogP) is 1.71. The van der Waals surface area contributed by atoms with E-state index in [1.165, 1.54) is 0 Å². The van der Waals surface area contributed by atoms with E-state index in [0.29, 0.717) is 36.6 Å². The first-order chi connectivity index (χ1) is 9.46. The van der Waals surface area contributed by atoms with Crippen molar-refractivity contribution >= 4 is 27.5 Å². The Morgan fingerprint density at radius 3 is 2.70 bits per heavy atom. The van der Waals surface area contributed by atoms with Gasteiger partial charge in [-0.25, -0.2) is 8.42 Å². The highest BCUT2D eigenvalue weighted by Gasteiger charge is 2.25. The summed E-state index contributed by atoms with van der Waals surface area (Å²) in [4.78, 5) is 11.9. The maximum Gasteiger partial charge on any atom is 0.239 e. The summed E-state index contributed by atoms with van der Waals surface area (Å²) in [7, 11) is -3.70. The average molecular weight is 318 g/mol. The topological polar surface area (TPSA) is 72.5 Å². The number of benzene rings is 1. The van der Waals surface area contributed by atoms with E-state index in [2.05, 4.69) is 4.72 Å². The van der Waals surface area contributed by atoms with Crippen molar-refractivity contribution in [2.75, 3.05) is 13.2 Å². The largest absolute Gasteiger partial charge is 0.381 e. The van der Waals surface area contributed by atoms with Gasteiger partial charge in [-0.2, -0.15) is 0 Å². The van der Waals surface area contributed by atoms with E-state index in [1.54, 1.807) is 24.3 Å². The Bertz CT molecular complexity index is 582. The second-order valence-electron chi connectivity index (χ2n) is 4.74. The fourth-order valence-corrected chi connectivity index (χ4v) is 3.46. The summed E-state index contributed by atoms with van der Waals surface area (Å²) in [6.07, 6.45) is 1.11.